The van der Waals surface area contributed by atoms with Crippen LogP contribution in [0.4, 0.5) is 0 Å². The van der Waals surface area contributed by atoms with Crippen molar-refractivity contribution in [3.63, 3.8) is 0 Å². The highest BCUT2D eigenvalue weighted by molar-refractivity contribution is 7.12. The van der Waals surface area contributed by atoms with E-state index in [0.29, 0.717) is 23.6 Å². The van der Waals surface area contributed by atoms with E-state index in [4.69, 9.17) is 11.6 Å². The molecule has 0 atom stereocenters. The van der Waals surface area contributed by atoms with Crippen LogP contribution in [0.2, 0.25) is 5.02 Å². The molecule has 0 saturated carbocycles. The summed E-state index contributed by atoms with van der Waals surface area (Å²) in [5.74, 6) is -0.173. The lowest BCUT2D eigenvalue weighted by Gasteiger charge is -2.05. The molecule has 3 rings (SSSR count). The van der Waals surface area contributed by atoms with Crippen molar-refractivity contribution < 1.29 is 4.79 Å². The van der Waals surface area contributed by atoms with Crippen LogP contribution in [0.15, 0.2) is 48.1 Å². The number of benzene rings is 1. The highest BCUT2D eigenvalue weighted by Crippen LogP contribution is 2.15. The minimum atomic E-state index is -0.173. The van der Waals surface area contributed by atoms with E-state index >= 15 is 0 Å². The Kier molecular flexibility index (Phi) is 4.50. The number of carbonyl (C=O) groups excluding carboxylic acids is 1. The zero-order valence-electron chi connectivity index (χ0n) is 11.6. The molecule has 0 unspecified atom stereocenters. The molecule has 0 aliphatic carbocycles. The summed E-state index contributed by atoms with van der Waals surface area (Å²) >= 11 is 7.51. The molecule has 0 fully saturated rings. The number of halogens is 1. The van der Waals surface area contributed by atoms with Gasteiger partial charge in [0, 0.05) is 30.7 Å². The molecule has 0 aliphatic heterocycles. The minimum Gasteiger partial charge on any atom is -0.352 e. The van der Waals surface area contributed by atoms with Gasteiger partial charge in [-0.2, -0.15) is 5.10 Å². The number of amides is 1. The first-order valence-electron chi connectivity index (χ1n) is 6.71. The van der Waals surface area contributed by atoms with Crippen molar-refractivity contribution in [2.24, 2.45) is 0 Å². The van der Waals surface area contributed by atoms with Gasteiger partial charge in [0.05, 0.1) is 16.3 Å². The monoisotopic (exact) mass is 332 g/mol. The maximum Gasteiger partial charge on any atom is 0.252 e. The lowest BCUT2D eigenvalue weighted by atomic mass is 10.2. The van der Waals surface area contributed by atoms with Gasteiger partial charge in [-0.1, -0.05) is 23.7 Å². The van der Waals surface area contributed by atoms with Gasteiger partial charge in [0.1, 0.15) is 0 Å². The van der Waals surface area contributed by atoms with E-state index in [9.17, 15) is 4.79 Å². The normalized spacial score (nSPS) is 10.6. The number of rotatable bonds is 5. The molecule has 7 heteroatoms. The standard InChI is InChI=1S/C15H13ClN4OS/c16-13-5-2-1-4-12(13)14(21)17-8-6-11-10-22-15(19-11)20-9-3-7-18-20/h1-5,7,9-10H,6,8H2,(H,17,21). The first-order valence-corrected chi connectivity index (χ1v) is 7.97. The Bertz CT molecular complexity index is 769. The summed E-state index contributed by atoms with van der Waals surface area (Å²) in [5.41, 5.74) is 1.41. The first-order chi connectivity index (χ1) is 10.7. The zero-order valence-corrected chi connectivity index (χ0v) is 13.1. The van der Waals surface area contributed by atoms with Gasteiger partial charge in [0.15, 0.2) is 0 Å². The predicted molar refractivity (Wildman–Crippen MR) is 86.7 cm³/mol. The number of hydrogen-bond donors (Lipinski definition) is 1. The molecule has 0 spiro atoms. The van der Waals surface area contributed by atoms with Gasteiger partial charge in [-0.05, 0) is 18.2 Å². The highest BCUT2D eigenvalue weighted by Gasteiger charge is 2.09. The molecule has 2 heterocycles. The van der Waals surface area contributed by atoms with Gasteiger partial charge in [0.2, 0.25) is 5.13 Å². The average Bonchev–Trinajstić information content (AvgIpc) is 3.18. The second-order valence-corrected chi connectivity index (χ2v) is 5.80. The van der Waals surface area contributed by atoms with Crippen LogP contribution in [0.1, 0.15) is 16.1 Å². The molecule has 1 aromatic carbocycles. The van der Waals surface area contributed by atoms with Crippen molar-refractivity contribution in [1.29, 1.82) is 0 Å². The van der Waals surface area contributed by atoms with Gasteiger partial charge in [-0.3, -0.25) is 4.79 Å². The fourth-order valence-corrected chi connectivity index (χ4v) is 2.96. The average molecular weight is 333 g/mol. The highest BCUT2D eigenvalue weighted by atomic mass is 35.5. The van der Waals surface area contributed by atoms with Crippen LogP contribution in [0.25, 0.3) is 5.13 Å². The third-order valence-electron chi connectivity index (χ3n) is 3.03. The van der Waals surface area contributed by atoms with E-state index in [2.05, 4.69) is 15.4 Å². The number of thiazole rings is 1. The van der Waals surface area contributed by atoms with Crippen LogP contribution in [-0.4, -0.2) is 27.2 Å². The third-order valence-corrected chi connectivity index (χ3v) is 4.23. The molecule has 1 N–H and O–H groups in total. The van der Waals surface area contributed by atoms with Crippen LogP contribution >= 0.6 is 22.9 Å². The Morgan fingerprint density at radius 1 is 1.32 bits per heavy atom. The number of aromatic nitrogens is 3. The van der Waals surface area contributed by atoms with E-state index in [0.717, 1.165) is 10.8 Å². The van der Waals surface area contributed by atoms with E-state index in [-0.39, 0.29) is 5.91 Å². The van der Waals surface area contributed by atoms with E-state index in [1.165, 1.54) is 11.3 Å². The summed E-state index contributed by atoms with van der Waals surface area (Å²) in [6.07, 6.45) is 4.22. The molecule has 1 amide bonds. The summed E-state index contributed by atoms with van der Waals surface area (Å²) in [4.78, 5) is 16.5. The molecule has 22 heavy (non-hydrogen) atoms. The van der Waals surface area contributed by atoms with Gasteiger partial charge < -0.3 is 5.32 Å². The molecular formula is C15H13ClN4OS. The Morgan fingerprint density at radius 2 is 2.18 bits per heavy atom. The van der Waals surface area contributed by atoms with E-state index in [1.54, 1.807) is 35.1 Å². The van der Waals surface area contributed by atoms with Crippen LogP contribution in [0, 0.1) is 0 Å². The van der Waals surface area contributed by atoms with Crippen molar-refractivity contribution in [2.45, 2.75) is 6.42 Å². The minimum absolute atomic E-state index is 0.173. The van der Waals surface area contributed by atoms with Gasteiger partial charge in [0.25, 0.3) is 5.91 Å². The second-order valence-electron chi connectivity index (χ2n) is 4.56. The molecule has 0 radical (unpaired) electrons. The molecular weight excluding hydrogens is 320 g/mol. The lowest BCUT2D eigenvalue weighted by molar-refractivity contribution is 0.0954. The van der Waals surface area contributed by atoms with Gasteiger partial charge in [-0.25, -0.2) is 9.67 Å². The van der Waals surface area contributed by atoms with Crippen molar-refractivity contribution in [3.8, 4) is 5.13 Å². The fraction of sp³-hybridized carbons (Fsp3) is 0.133. The summed E-state index contributed by atoms with van der Waals surface area (Å²) < 4.78 is 1.72. The molecule has 0 saturated heterocycles. The largest absolute Gasteiger partial charge is 0.352 e. The SMILES string of the molecule is O=C(NCCc1csc(-n2cccn2)n1)c1ccccc1Cl. The molecule has 112 valence electrons. The van der Waals surface area contributed by atoms with Gasteiger partial charge >= 0.3 is 0 Å². The summed E-state index contributed by atoms with van der Waals surface area (Å²) in [7, 11) is 0. The molecule has 3 aromatic rings. The zero-order chi connectivity index (χ0) is 15.4. The summed E-state index contributed by atoms with van der Waals surface area (Å²) in [6.45, 7) is 0.506. The maximum absolute atomic E-state index is 12.0. The topological polar surface area (TPSA) is 59.8 Å². The Labute approximate surface area is 136 Å². The molecule has 0 aliphatic rings. The van der Waals surface area contributed by atoms with Crippen molar-refractivity contribution in [1.82, 2.24) is 20.1 Å². The quantitative estimate of drug-likeness (QED) is 0.781. The number of nitrogens with zero attached hydrogens (tertiary/aromatic N) is 3. The Morgan fingerprint density at radius 3 is 2.95 bits per heavy atom. The predicted octanol–water partition coefficient (Wildman–Crippen LogP) is 2.95. The van der Waals surface area contributed by atoms with E-state index in [1.807, 2.05) is 17.6 Å². The molecule has 5 nitrogen and oxygen atoms in total. The molecule has 2 aromatic heterocycles. The molecule has 0 bridgehead atoms. The van der Waals surface area contributed by atoms with Crippen LogP contribution in [-0.2, 0) is 6.42 Å². The second kappa shape index (κ2) is 6.72. The smallest absolute Gasteiger partial charge is 0.252 e. The fourth-order valence-electron chi connectivity index (χ4n) is 1.94. The van der Waals surface area contributed by atoms with Crippen molar-refractivity contribution in [2.75, 3.05) is 6.54 Å². The number of hydrogen-bond acceptors (Lipinski definition) is 4. The van der Waals surface area contributed by atoms with Crippen molar-refractivity contribution >= 4 is 28.8 Å². The maximum atomic E-state index is 12.0. The summed E-state index contributed by atoms with van der Waals surface area (Å²) in [5, 5.41) is 10.2. The number of nitrogens with one attached hydrogen (secondary N) is 1. The summed E-state index contributed by atoms with van der Waals surface area (Å²) in [6, 6.07) is 8.84. The Hall–Kier alpha value is -2.18. The van der Waals surface area contributed by atoms with Crippen molar-refractivity contribution in [3.05, 3.63) is 64.4 Å². The number of carbonyl (C=O) groups is 1. The third kappa shape index (κ3) is 3.35. The van der Waals surface area contributed by atoms with Gasteiger partial charge in [-0.15, -0.1) is 11.3 Å². The van der Waals surface area contributed by atoms with Crippen LogP contribution < -0.4 is 5.32 Å². The van der Waals surface area contributed by atoms with Crippen LogP contribution in [0.5, 0.6) is 0 Å². The lowest BCUT2D eigenvalue weighted by Crippen LogP contribution is -2.26. The van der Waals surface area contributed by atoms with Crippen LogP contribution in [0.3, 0.4) is 0 Å². The first kappa shape index (κ1) is 14.7. The Balaban J connectivity index is 1.55. The van der Waals surface area contributed by atoms with E-state index < -0.39 is 0 Å².